The number of halogens is 1. The summed E-state index contributed by atoms with van der Waals surface area (Å²) in [4.78, 5) is 0. The van der Waals surface area contributed by atoms with Crippen LogP contribution in [0.5, 0.6) is 0 Å². The van der Waals surface area contributed by atoms with Crippen molar-refractivity contribution < 1.29 is 0 Å². The molecule has 0 heterocycles. The highest BCUT2D eigenvalue weighted by Gasteiger charge is 2.65. The van der Waals surface area contributed by atoms with Gasteiger partial charge in [-0.05, 0) is 36.7 Å². The van der Waals surface area contributed by atoms with Gasteiger partial charge in [-0.25, -0.2) is 0 Å². The number of rotatable bonds is 2. The van der Waals surface area contributed by atoms with Crippen molar-refractivity contribution in [3.63, 3.8) is 0 Å². The van der Waals surface area contributed by atoms with Crippen molar-refractivity contribution >= 4 is 15.9 Å². The summed E-state index contributed by atoms with van der Waals surface area (Å²) in [6.45, 7) is 0. The SMILES string of the molecule is BrC12CC(Cc3ccccc3)(C1)C2. The molecule has 0 radical (unpaired) electrons. The molecule has 3 aliphatic carbocycles. The minimum absolute atomic E-state index is 0.571. The number of benzene rings is 1. The van der Waals surface area contributed by atoms with E-state index in [1.165, 1.54) is 31.2 Å². The lowest BCUT2D eigenvalue weighted by Gasteiger charge is -2.68. The van der Waals surface area contributed by atoms with Crippen LogP contribution in [0.25, 0.3) is 0 Å². The van der Waals surface area contributed by atoms with Gasteiger partial charge < -0.3 is 0 Å². The molecule has 3 aliphatic rings. The predicted octanol–water partition coefficient (Wildman–Crippen LogP) is 3.55. The summed E-state index contributed by atoms with van der Waals surface area (Å²) in [5.41, 5.74) is 2.20. The Morgan fingerprint density at radius 2 is 1.69 bits per heavy atom. The van der Waals surface area contributed by atoms with E-state index in [9.17, 15) is 0 Å². The molecule has 13 heavy (non-hydrogen) atoms. The third-order valence-electron chi connectivity index (χ3n) is 3.50. The van der Waals surface area contributed by atoms with Gasteiger partial charge in [-0.1, -0.05) is 46.3 Å². The number of hydrogen-bond donors (Lipinski definition) is 0. The Labute approximate surface area is 87.5 Å². The molecule has 3 fully saturated rings. The van der Waals surface area contributed by atoms with E-state index in [4.69, 9.17) is 0 Å². The van der Waals surface area contributed by atoms with Crippen LogP contribution in [0.15, 0.2) is 30.3 Å². The molecule has 0 atom stereocenters. The topological polar surface area (TPSA) is 0 Å². The van der Waals surface area contributed by atoms with Gasteiger partial charge in [0.05, 0.1) is 0 Å². The molecule has 68 valence electrons. The molecule has 1 heteroatoms. The van der Waals surface area contributed by atoms with E-state index < -0.39 is 0 Å². The van der Waals surface area contributed by atoms with Crippen molar-refractivity contribution in [2.75, 3.05) is 0 Å². The van der Waals surface area contributed by atoms with Gasteiger partial charge in [-0.3, -0.25) is 0 Å². The van der Waals surface area contributed by atoms with Gasteiger partial charge in [0.25, 0.3) is 0 Å². The standard InChI is InChI=1S/C12H13Br/c13-12-7-11(8-12,9-12)6-10-4-2-1-3-5-10/h1-5H,6-9H2. The van der Waals surface area contributed by atoms with Crippen LogP contribution in [-0.2, 0) is 6.42 Å². The molecule has 1 aromatic rings. The maximum atomic E-state index is 3.78. The third kappa shape index (κ3) is 1.17. The molecule has 0 aromatic heterocycles. The van der Waals surface area contributed by atoms with Gasteiger partial charge in [0.2, 0.25) is 0 Å². The first kappa shape index (κ1) is 8.05. The minimum atomic E-state index is 0.571. The first-order chi connectivity index (χ1) is 6.20. The molecule has 3 saturated carbocycles. The van der Waals surface area contributed by atoms with Gasteiger partial charge >= 0.3 is 0 Å². The van der Waals surface area contributed by atoms with Crippen LogP contribution >= 0.6 is 15.9 Å². The minimum Gasteiger partial charge on any atom is -0.0853 e. The molecule has 0 aliphatic heterocycles. The van der Waals surface area contributed by atoms with Crippen LogP contribution in [0.4, 0.5) is 0 Å². The lowest BCUT2D eigenvalue weighted by atomic mass is 9.42. The molecular formula is C12H13Br. The van der Waals surface area contributed by atoms with E-state index in [2.05, 4.69) is 46.3 Å². The summed E-state index contributed by atoms with van der Waals surface area (Å²) < 4.78 is 0.571. The second kappa shape index (κ2) is 2.38. The van der Waals surface area contributed by atoms with Crippen molar-refractivity contribution in [3.05, 3.63) is 35.9 Å². The normalized spacial score (nSPS) is 40.7. The second-order valence-corrected chi connectivity index (χ2v) is 6.53. The Balaban J connectivity index is 1.72. The van der Waals surface area contributed by atoms with Gasteiger partial charge in [-0.15, -0.1) is 0 Å². The quantitative estimate of drug-likeness (QED) is 0.690. The smallest absolute Gasteiger partial charge is 0.0274 e. The molecular weight excluding hydrogens is 224 g/mol. The highest BCUT2D eigenvalue weighted by molar-refractivity contribution is 9.10. The first-order valence-corrected chi connectivity index (χ1v) is 5.72. The first-order valence-electron chi connectivity index (χ1n) is 4.93. The van der Waals surface area contributed by atoms with Crippen molar-refractivity contribution in [1.82, 2.24) is 0 Å². The summed E-state index contributed by atoms with van der Waals surface area (Å²) in [5, 5.41) is 0. The molecule has 0 amide bonds. The molecule has 0 N–H and O–H groups in total. The second-order valence-electron chi connectivity index (χ2n) is 4.84. The van der Waals surface area contributed by atoms with Crippen LogP contribution in [-0.4, -0.2) is 4.32 Å². The zero-order chi connectivity index (χ0) is 8.94. The Bertz CT molecular complexity index is 308. The van der Waals surface area contributed by atoms with Crippen molar-refractivity contribution in [3.8, 4) is 0 Å². The fraction of sp³-hybridized carbons (Fsp3) is 0.500. The Morgan fingerprint density at radius 1 is 1.08 bits per heavy atom. The van der Waals surface area contributed by atoms with Crippen molar-refractivity contribution in [2.24, 2.45) is 5.41 Å². The van der Waals surface area contributed by atoms with Gasteiger partial charge in [0.1, 0.15) is 0 Å². The van der Waals surface area contributed by atoms with Crippen LogP contribution in [0, 0.1) is 5.41 Å². The molecule has 2 bridgehead atoms. The average molecular weight is 237 g/mol. The summed E-state index contributed by atoms with van der Waals surface area (Å²) in [5.74, 6) is 0. The molecule has 1 aromatic carbocycles. The summed E-state index contributed by atoms with van der Waals surface area (Å²) in [6, 6.07) is 10.9. The zero-order valence-electron chi connectivity index (χ0n) is 7.59. The fourth-order valence-electron chi connectivity index (χ4n) is 3.08. The largest absolute Gasteiger partial charge is 0.0853 e. The number of hydrogen-bond acceptors (Lipinski definition) is 0. The maximum absolute atomic E-state index is 3.78. The molecule has 0 nitrogen and oxygen atoms in total. The molecule has 0 spiro atoms. The average Bonchev–Trinajstić information content (AvgIpc) is 2.02. The van der Waals surface area contributed by atoms with Gasteiger partial charge in [-0.2, -0.15) is 0 Å². The molecule has 0 unspecified atom stereocenters. The van der Waals surface area contributed by atoms with E-state index >= 15 is 0 Å². The number of alkyl halides is 1. The van der Waals surface area contributed by atoms with E-state index in [1.54, 1.807) is 0 Å². The summed E-state index contributed by atoms with van der Waals surface area (Å²) >= 11 is 3.78. The Morgan fingerprint density at radius 3 is 2.23 bits per heavy atom. The van der Waals surface area contributed by atoms with E-state index in [1.807, 2.05) is 0 Å². The summed E-state index contributed by atoms with van der Waals surface area (Å²) in [6.07, 6.45) is 5.49. The van der Waals surface area contributed by atoms with E-state index in [0.29, 0.717) is 9.74 Å². The van der Waals surface area contributed by atoms with Crippen LogP contribution in [0.3, 0.4) is 0 Å². The lowest BCUT2D eigenvalue weighted by Crippen LogP contribution is -2.64. The van der Waals surface area contributed by atoms with Gasteiger partial charge in [0.15, 0.2) is 0 Å². The fourth-order valence-corrected chi connectivity index (χ4v) is 4.86. The highest BCUT2D eigenvalue weighted by atomic mass is 79.9. The monoisotopic (exact) mass is 236 g/mol. The van der Waals surface area contributed by atoms with Crippen LogP contribution in [0.1, 0.15) is 24.8 Å². The highest BCUT2D eigenvalue weighted by Crippen LogP contribution is 2.72. The lowest BCUT2D eigenvalue weighted by molar-refractivity contribution is -0.0686. The van der Waals surface area contributed by atoms with E-state index in [0.717, 1.165) is 0 Å². The van der Waals surface area contributed by atoms with Crippen molar-refractivity contribution in [1.29, 1.82) is 0 Å². The maximum Gasteiger partial charge on any atom is 0.0274 e. The van der Waals surface area contributed by atoms with E-state index in [-0.39, 0.29) is 0 Å². The predicted molar refractivity (Wildman–Crippen MR) is 58.1 cm³/mol. The Kier molecular flexibility index (Phi) is 1.48. The zero-order valence-corrected chi connectivity index (χ0v) is 9.18. The summed E-state index contributed by atoms with van der Waals surface area (Å²) in [7, 11) is 0. The molecule has 0 saturated heterocycles. The van der Waals surface area contributed by atoms with Crippen LogP contribution in [0.2, 0.25) is 0 Å². The third-order valence-corrected chi connectivity index (χ3v) is 4.34. The van der Waals surface area contributed by atoms with Crippen LogP contribution < -0.4 is 0 Å². The molecule has 4 rings (SSSR count). The van der Waals surface area contributed by atoms with Crippen molar-refractivity contribution in [2.45, 2.75) is 30.0 Å². The van der Waals surface area contributed by atoms with Gasteiger partial charge in [0, 0.05) is 4.32 Å². The Hall–Kier alpha value is -0.300.